The van der Waals surface area contributed by atoms with Crippen LogP contribution in [0.5, 0.6) is 6.01 Å². The first-order valence-corrected chi connectivity index (χ1v) is 15.6. The van der Waals surface area contributed by atoms with Gasteiger partial charge in [-0.05, 0) is 48.8 Å². The van der Waals surface area contributed by atoms with E-state index in [9.17, 15) is 22.8 Å². The number of sulfonamides is 1. The Bertz CT molecular complexity index is 1480. The fraction of sp³-hybridized carbons (Fsp3) is 0.552. The van der Waals surface area contributed by atoms with E-state index in [0.717, 1.165) is 0 Å². The second-order valence-corrected chi connectivity index (χ2v) is 14.5. The maximum Gasteiger partial charge on any atom is 0.317 e. The van der Waals surface area contributed by atoms with E-state index >= 15 is 0 Å². The summed E-state index contributed by atoms with van der Waals surface area (Å²) in [5, 5.41) is -0.580. The van der Waals surface area contributed by atoms with Crippen LogP contribution in [-0.4, -0.2) is 70.9 Å². The van der Waals surface area contributed by atoms with Gasteiger partial charge in [-0.3, -0.25) is 19.1 Å². The number of hydrogen-bond donors (Lipinski definition) is 2. The van der Waals surface area contributed by atoms with Crippen molar-refractivity contribution in [2.75, 3.05) is 6.54 Å². The fourth-order valence-corrected chi connectivity index (χ4v) is 6.78. The molecule has 3 heterocycles. The Kier molecular flexibility index (Phi) is 7.77. The van der Waals surface area contributed by atoms with Crippen LogP contribution < -0.4 is 15.2 Å². The number of nitrogens with two attached hydrogens (primary N) is 1. The van der Waals surface area contributed by atoms with E-state index in [1.807, 2.05) is 20.8 Å². The molecule has 0 spiro atoms. The van der Waals surface area contributed by atoms with Crippen molar-refractivity contribution in [1.29, 1.82) is 0 Å². The quantitative estimate of drug-likeness (QED) is 0.364. The Morgan fingerprint density at radius 3 is 2.64 bits per heavy atom. The molecule has 42 heavy (non-hydrogen) atoms. The molecule has 3 fully saturated rings. The maximum atomic E-state index is 13.9. The number of ether oxygens (including phenoxy) is 1. The molecule has 3 aliphatic rings. The SMILES string of the molecule is C=CC1C[C@]1(CC(=O)[C@@H]1C[C@@H](Oc2nccc(-c3ccco3)n2)CN1C(=O)[C@@H](N)C(C)(C)C)C(=O)NS(=O)(=O)C1CC1. The number of amides is 2. The Morgan fingerprint density at radius 1 is 1.31 bits per heavy atom. The molecule has 2 aromatic rings. The van der Waals surface area contributed by atoms with Gasteiger partial charge in [0, 0.05) is 19.0 Å². The third-order valence-corrected chi connectivity index (χ3v) is 10.2. The van der Waals surface area contributed by atoms with Crippen LogP contribution in [0.1, 0.15) is 52.9 Å². The highest BCUT2D eigenvalue weighted by Crippen LogP contribution is 2.57. The highest BCUT2D eigenvalue weighted by Gasteiger charge is 2.61. The summed E-state index contributed by atoms with van der Waals surface area (Å²) in [6.45, 7) is 9.34. The van der Waals surface area contributed by atoms with Crippen molar-refractivity contribution in [3.63, 3.8) is 0 Å². The molecule has 1 aliphatic heterocycles. The van der Waals surface area contributed by atoms with Crippen LogP contribution >= 0.6 is 0 Å². The van der Waals surface area contributed by atoms with Gasteiger partial charge in [-0.25, -0.2) is 13.4 Å². The van der Waals surface area contributed by atoms with Gasteiger partial charge in [0.2, 0.25) is 21.8 Å². The number of rotatable bonds is 11. The van der Waals surface area contributed by atoms with E-state index in [-0.39, 0.29) is 37.1 Å². The number of ketones is 1. The summed E-state index contributed by atoms with van der Waals surface area (Å²) in [4.78, 5) is 50.7. The number of nitrogens with zero attached hydrogens (tertiary/aromatic N) is 3. The zero-order valence-corrected chi connectivity index (χ0v) is 24.8. The lowest BCUT2D eigenvalue weighted by Crippen LogP contribution is -2.53. The van der Waals surface area contributed by atoms with Crippen LogP contribution in [0, 0.1) is 16.7 Å². The predicted octanol–water partition coefficient (Wildman–Crippen LogP) is 2.22. The van der Waals surface area contributed by atoms with E-state index in [2.05, 4.69) is 21.3 Å². The van der Waals surface area contributed by atoms with E-state index < -0.39 is 56.1 Å². The highest BCUT2D eigenvalue weighted by atomic mass is 32.2. The maximum absolute atomic E-state index is 13.9. The largest absolute Gasteiger partial charge is 0.463 e. The molecule has 12 nitrogen and oxygen atoms in total. The Morgan fingerprint density at radius 2 is 2.05 bits per heavy atom. The number of furan rings is 1. The first kappa shape index (κ1) is 29.9. The van der Waals surface area contributed by atoms with E-state index in [0.29, 0.717) is 30.7 Å². The van der Waals surface area contributed by atoms with Crippen molar-refractivity contribution in [1.82, 2.24) is 19.6 Å². The molecule has 13 heteroatoms. The summed E-state index contributed by atoms with van der Waals surface area (Å²) in [5.41, 5.74) is 5.02. The number of Topliss-reactive ketones (excluding diaryl/α,β-unsaturated/α-hetero) is 1. The van der Waals surface area contributed by atoms with Crippen LogP contribution in [0.15, 0.2) is 47.7 Å². The van der Waals surface area contributed by atoms with Gasteiger partial charge in [0.1, 0.15) is 11.8 Å². The summed E-state index contributed by atoms with van der Waals surface area (Å²) in [5.74, 6) is -1.32. The van der Waals surface area contributed by atoms with Crippen LogP contribution in [0.25, 0.3) is 11.5 Å². The molecule has 0 radical (unpaired) electrons. The predicted molar refractivity (Wildman–Crippen MR) is 152 cm³/mol. The van der Waals surface area contributed by atoms with Crippen molar-refractivity contribution in [2.45, 2.75) is 76.3 Å². The minimum Gasteiger partial charge on any atom is -0.463 e. The van der Waals surface area contributed by atoms with Gasteiger partial charge in [-0.1, -0.05) is 26.8 Å². The molecule has 2 aliphatic carbocycles. The van der Waals surface area contributed by atoms with E-state index in [1.54, 1.807) is 24.3 Å². The van der Waals surface area contributed by atoms with Crippen molar-refractivity contribution < 1.29 is 32.0 Å². The van der Waals surface area contributed by atoms with Crippen LogP contribution in [0.4, 0.5) is 0 Å². The first-order chi connectivity index (χ1) is 19.7. The van der Waals surface area contributed by atoms with Crippen molar-refractivity contribution >= 4 is 27.6 Å². The molecular weight excluding hydrogens is 562 g/mol. The lowest BCUT2D eigenvalue weighted by atomic mass is 9.86. The third-order valence-electron chi connectivity index (χ3n) is 8.35. The fourth-order valence-electron chi connectivity index (χ4n) is 5.40. The molecule has 0 aromatic carbocycles. The Hall–Kier alpha value is -3.58. The Balaban J connectivity index is 1.36. The molecule has 226 valence electrons. The van der Waals surface area contributed by atoms with Gasteiger partial charge in [0.05, 0.1) is 35.6 Å². The molecule has 3 N–H and O–H groups in total. The number of carbonyl (C=O) groups is 3. The molecule has 5 atom stereocenters. The normalized spacial score (nSPS) is 26.4. The van der Waals surface area contributed by atoms with Gasteiger partial charge < -0.3 is 19.8 Å². The number of carbonyl (C=O) groups excluding carboxylic acids is 3. The van der Waals surface area contributed by atoms with Crippen molar-refractivity contribution in [3.8, 4) is 17.5 Å². The summed E-state index contributed by atoms with van der Waals surface area (Å²) in [6, 6.07) is 3.39. The number of hydrogen-bond acceptors (Lipinski definition) is 10. The summed E-state index contributed by atoms with van der Waals surface area (Å²) in [7, 11) is -3.80. The number of likely N-dealkylation sites (tertiary alicyclic amines) is 1. The second-order valence-electron chi connectivity index (χ2n) is 12.5. The number of allylic oxidation sites excluding steroid dienone is 1. The first-order valence-electron chi connectivity index (χ1n) is 14.1. The Labute approximate surface area is 245 Å². The van der Waals surface area contributed by atoms with Crippen molar-refractivity contribution in [3.05, 3.63) is 43.3 Å². The zero-order valence-electron chi connectivity index (χ0n) is 24.0. The van der Waals surface area contributed by atoms with Crippen LogP contribution in [-0.2, 0) is 24.4 Å². The lowest BCUT2D eigenvalue weighted by Gasteiger charge is -2.32. The monoisotopic (exact) mass is 599 g/mol. The van der Waals surface area contributed by atoms with Gasteiger partial charge in [0.25, 0.3) is 0 Å². The standard InChI is InChI=1S/C29H37N5O7S/c1-5-17-14-29(17,26(37)33-42(38,39)19-8-9-19)15-22(35)21-13-18(16-34(21)25(36)24(30)28(2,3)4)41-27-31-11-10-20(32-27)23-7-6-12-40-23/h5-7,10-12,17-19,21,24H,1,8-9,13-16,30H2,2-4H3,(H,33,37)/t17?,18-,21+,24-,29-/m1/s1. The molecule has 5 rings (SSSR count). The molecular formula is C29H37N5O7S. The average molecular weight is 600 g/mol. The minimum atomic E-state index is -3.80. The molecule has 2 saturated carbocycles. The van der Waals surface area contributed by atoms with Crippen molar-refractivity contribution in [2.24, 2.45) is 22.5 Å². The van der Waals surface area contributed by atoms with Crippen LogP contribution in [0.3, 0.4) is 0 Å². The summed E-state index contributed by atoms with van der Waals surface area (Å²) < 4.78 is 38.6. The van der Waals surface area contributed by atoms with Gasteiger partial charge in [-0.15, -0.1) is 6.58 Å². The topological polar surface area (TPSA) is 175 Å². The van der Waals surface area contributed by atoms with E-state index in [1.165, 1.54) is 17.4 Å². The number of nitrogens with one attached hydrogen (secondary N) is 1. The summed E-state index contributed by atoms with van der Waals surface area (Å²) in [6.07, 6.45) is 5.18. The van der Waals surface area contributed by atoms with Crippen LogP contribution in [0.2, 0.25) is 0 Å². The molecule has 1 unspecified atom stereocenters. The van der Waals surface area contributed by atoms with Gasteiger partial charge in [0.15, 0.2) is 11.5 Å². The second kappa shape index (κ2) is 10.9. The van der Waals surface area contributed by atoms with E-state index in [4.69, 9.17) is 14.9 Å². The third kappa shape index (κ3) is 5.98. The van der Waals surface area contributed by atoms with Gasteiger partial charge >= 0.3 is 6.01 Å². The van der Waals surface area contributed by atoms with Gasteiger partial charge in [-0.2, -0.15) is 4.98 Å². The summed E-state index contributed by atoms with van der Waals surface area (Å²) >= 11 is 0. The molecule has 2 amide bonds. The zero-order chi connectivity index (χ0) is 30.4. The number of aromatic nitrogens is 2. The minimum absolute atomic E-state index is 0.0598. The molecule has 0 bridgehead atoms. The molecule has 2 aromatic heterocycles. The average Bonchev–Trinajstić information content (AvgIpc) is 3.80. The smallest absolute Gasteiger partial charge is 0.317 e. The highest BCUT2D eigenvalue weighted by molar-refractivity contribution is 7.90. The molecule has 1 saturated heterocycles. The lowest BCUT2D eigenvalue weighted by molar-refractivity contribution is -0.141.